The molecule has 108 valence electrons. The molecule has 0 spiro atoms. The molecule has 5 nitrogen and oxygen atoms in total. The summed E-state index contributed by atoms with van der Waals surface area (Å²) in [5.74, 6) is 0.842. The van der Waals surface area contributed by atoms with E-state index in [9.17, 15) is 4.79 Å². The molecule has 0 aromatic carbocycles. The van der Waals surface area contributed by atoms with Gasteiger partial charge in [0.05, 0.1) is 5.88 Å². The number of nitrogens with zero attached hydrogens (tertiary/aromatic N) is 3. The first-order valence-corrected chi connectivity index (χ1v) is 7.18. The lowest BCUT2D eigenvalue weighted by atomic mass is 10.2. The van der Waals surface area contributed by atoms with Crippen LogP contribution in [0.25, 0.3) is 11.2 Å². The molecule has 2 aromatic rings. The Morgan fingerprint density at radius 1 is 1.35 bits per heavy atom. The summed E-state index contributed by atoms with van der Waals surface area (Å²) in [6.07, 6.45) is 0. The molecule has 0 aliphatic carbocycles. The Hall–Kier alpha value is -1.62. The third-order valence-corrected chi connectivity index (χ3v) is 3.31. The molecule has 1 atom stereocenters. The molecular weight excluding hydrogens is 276 g/mol. The van der Waals surface area contributed by atoms with E-state index in [1.165, 1.54) is 0 Å². The molecular formula is C14H19ClN4O. The summed E-state index contributed by atoms with van der Waals surface area (Å²) >= 11 is 5.96. The van der Waals surface area contributed by atoms with Crippen molar-refractivity contribution in [2.45, 2.75) is 45.7 Å². The third kappa shape index (κ3) is 2.77. The highest BCUT2D eigenvalue weighted by atomic mass is 35.5. The number of fused-ring (bicyclic) bond motifs is 1. The second-order valence-electron chi connectivity index (χ2n) is 5.17. The molecule has 0 bridgehead atoms. The fourth-order valence-electron chi connectivity index (χ4n) is 2.14. The monoisotopic (exact) mass is 294 g/mol. The summed E-state index contributed by atoms with van der Waals surface area (Å²) < 4.78 is 1.81. The number of amides is 1. The van der Waals surface area contributed by atoms with Gasteiger partial charge in [0, 0.05) is 11.7 Å². The van der Waals surface area contributed by atoms with Gasteiger partial charge in [0.2, 0.25) is 5.91 Å². The summed E-state index contributed by atoms with van der Waals surface area (Å²) in [7, 11) is 0. The van der Waals surface area contributed by atoms with Gasteiger partial charge < -0.3 is 5.32 Å². The molecule has 0 saturated heterocycles. The van der Waals surface area contributed by atoms with Crippen LogP contribution in [-0.4, -0.2) is 26.5 Å². The molecule has 0 fully saturated rings. The second kappa shape index (κ2) is 5.79. The molecule has 0 aliphatic heterocycles. The van der Waals surface area contributed by atoms with Crippen molar-refractivity contribution in [2.75, 3.05) is 0 Å². The largest absolute Gasteiger partial charge is 0.352 e. The molecule has 2 rings (SSSR count). The van der Waals surface area contributed by atoms with Crippen LogP contribution in [0.15, 0.2) is 12.1 Å². The van der Waals surface area contributed by atoms with Crippen LogP contribution in [0.4, 0.5) is 0 Å². The molecule has 20 heavy (non-hydrogen) atoms. The first kappa shape index (κ1) is 14.8. The Morgan fingerprint density at radius 3 is 2.65 bits per heavy atom. The Bertz CT molecular complexity index is 635. The van der Waals surface area contributed by atoms with E-state index >= 15 is 0 Å². The number of carbonyl (C=O) groups excluding carboxylic acids is 1. The lowest BCUT2D eigenvalue weighted by molar-refractivity contribution is -0.124. The molecule has 1 N–H and O–H groups in total. The average molecular weight is 295 g/mol. The predicted octanol–water partition coefficient (Wildman–Crippen LogP) is 2.56. The minimum Gasteiger partial charge on any atom is -0.352 e. The number of rotatable bonds is 4. The van der Waals surface area contributed by atoms with Crippen molar-refractivity contribution < 1.29 is 4.79 Å². The summed E-state index contributed by atoms with van der Waals surface area (Å²) in [5.41, 5.74) is 2.35. The van der Waals surface area contributed by atoms with Crippen LogP contribution < -0.4 is 5.32 Å². The van der Waals surface area contributed by atoms with Crippen molar-refractivity contribution in [3.05, 3.63) is 23.7 Å². The predicted molar refractivity (Wildman–Crippen MR) is 79.8 cm³/mol. The number of nitrogens with one attached hydrogen (secondary N) is 1. The number of imidazole rings is 1. The van der Waals surface area contributed by atoms with E-state index in [0.717, 1.165) is 11.2 Å². The maximum atomic E-state index is 12.2. The zero-order chi connectivity index (χ0) is 14.9. The Kier molecular flexibility index (Phi) is 4.28. The maximum Gasteiger partial charge on any atom is 0.243 e. The normalized spacial score (nSPS) is 12.9. The van der Waals surface area contributed by atoms with E-state index in [-0.39, 0.29) is 17.8 Å². The fourth-order valence-corrected chi connectivity index (χ4v) is 2.33. The van der Waals surface area contributed by atoms with Gasteiger partial charge in [-0.25, -0.2) is 9.97 Å². The zero-order valence-electron chi connectivity index (χ0n) is 12.1. The second-order valence-corrected chi connectivity index (χ2v) is 5.43. The van der Waals surface area contributed by atoms with Crippen LogP contribution in [-0.2, 0) is 10.7 Å². The van der Waals surface area contributed by atoms with Crippen LogP contribution in [0, 0.1) is 6.92 Å². The molecule has 0 saturated carbocycles. The molecule has 6 heteroatoms. The summed E-state index contributed by atoms with van der Waals surface area (Å²) in [6, 6.07) is 3.49. The highest BCUT2D eigenvalue weighted by Gasteiger charge is 2.22. The van der Waals surface area contributed by atoms with E-state index in [0.29, 0.717) is 11.5 Å². The first-order chi connectivity index (χ1) is 9.43. The topological polar surface area (TPSA) is 59.8 Å². The van der Waals surface area contributed by atoms with E-state index in [2.05, 4.69) is 15.3 Å². The van der Waals surface area contributed by atoms with Crippen molar-refractivity contribution in [1.82, 2.24) is 19.9 Å². The van der Waals surface area contributed by atoms with E-state index in [1.54, 1.807) is 0 Å². The van der Waals surface area contributed by atoms with Crippen molar-refractivity contribution in [3.63, 3.8) is 0 Å². The zero-order valence-corrected chi connectivity index (χ0v) is 12.9. The molecule has 1 amide bonds. The average Bonchev–Trinajstić information content (AvgIpc) is 2.74. The number of aromatic nitrogens is 3. The van der Waals surface area contributed by atoms with Gasteiger partial charge in [0.1, 0.15) is 17.4 Å². The van der Waals surface area contributed by atoms with Gasteiger partial charge in [-0.2, -0.15) is 0 Å². The van der Waals surface area contributed by atoms with Gasteiger partial charge in [-0.1, -0.05) is 0 Å². The number of pyridine rings is 1. The Morgan fingerprint density at radius 2 is 2.05 bits per heavy atom. The van der Waals surface area contributed by atoms with E-state index < -0.39 is 6.04 Å². The van der Waals surface area contributed by atoms with Crippen molar-refractivity contribution in [1.29, 1.82) is 0 Å². The quantitative estimate of drug-likeness (QED) is 0.882. The lowest BCUT2D eigenvalue weighted by Gasteiger charge is -2.18. The summed E-state index contributed by atoms with van der Waals surface area (Å²) in [6.45, 7) is 7.61. The van der Waals surface area contributed by atoms with Crippen molar-refractivity contribution in [2.24, 2.45) is 0 Å². The van der Waals surface area contributed by atoms with Crippen LogP contribution >= 0.6 is 11.6 Å². The number of halogens is 1. The van der Waals surface area contributed by atoms with Gasteiger partial charge in [0.15, 0.2) is 5.65 Å². The molecule has 0 radical (unpaired) electrons. The van der Waals surface area contributed by atoms with E-state index in [4.69, 9.17) is 11.6 Å². The number of hydrogen-bond donors (Lipinski definition) is 1. The standard InChI is InChI=1S/C14H19ClN4O/c1-8(2)16-14(20)10(4)19-12(7-15)18-11-6-5-9(3)17-13(11)19/h5-6,8,10H,7H2,1-4H3,(H,16,20). The fraction of sp³-hybridized carbons (Fsp3) is 0.500. The number of hydrogen-bond acceptors (Lipinski definition) is 3. The third-order valence-electron chi connectivity index (χ3n) is 3.07. The van der Waals surface area contributed by atoms with Gasteiger partial charge in [-0.15, -0.1) is 11.6 Å². The minimum absolute atomic E-state index is 0.0611. The lowest BCUT2D eigenvalue weighted by Crippen LogP contribution is -2.36. The molecule has 2 aromatic heterocycles. The van der Waals surface area contributed by atoms with Gasteiger partial charge >= 0.3 is 0 Å². The number of carbonyl (C=O) groups is 1. The highest BCUT2D eigenvalue weighted by Crippen LogP contribution is 2.21. The molecule has 2 heterocycles. The maximum absolute atomic E-state index is 12.2. The number of alkyl halides is 1. The van der Waals surface area contributed by atoms with E-state index in [1.807, 2.05) is 44.4 Å². The molecule has 0 aliphatic rings. The number of aryl methyl sites for hydroxylation is 1. The molecule has 1 unspecified atom stereocenters. The summed E-state index contributed by atoms with van der Waals surface area (Å²) in [4.78, 5) is 21.2. The van der Waals surface area contributed by atoms with Crippen molar-refractivity contribution >= 4 is 28.7 Å². The smallest absolute Gasteiger partial charge is 0.243 e. The Labute approximate surface area is 123 Å². The van der Waals surface area contributed by atoms with Crippen LogP contribution in [0.2, 0.25) is 0 Å². The van der Waals surface area contributed by atoms with Crippen LogP contribution in [0.5, 0.6) is 0 Å². The first-order valence-electron chi connectivity index (χ1n) is 6.64. The SMILES string of the molecule is Cc1ccc2nc(CCl)n(C(C)C(=O)NC(C)C)c2n1. The Balaban J connectivity index is 2.50. The summed E-state index contributed by atoms with van der Waals surface area (Å²) in [5, 5.41) is 2.90. The minimum atomic E-state index is -0.398. The van der Waals surface area contributed by atoms with Crippen molar-refractivity contribution in [3.8, 4) is 0 Å². The van der Waals surface area contributed by atoms with Gasteiger partial charge in [0.25, 0.3) is 0 Å². The van der Waals surface area contributed by atoms with Gasteiger partial charge in [-0.3, -0.25) is 9.36 Å². The highest BCUT2D eigenvalue weighted by molar-refractivity contribution is 6.16. The van der Waals surface area contributed by atoms with Gasteiger partial charge in [-0.05, 0) is 39.8 Å². The van der Waals surface area contributed by atoms with Crippen LogP contribution in [0.3, 0.4) is 0 Å². The van der Waals surface area contributed by atoms with Crippen LogP contribution in [0.1, 0.15) is 38.3 Å².